The Morgan fingerprint density at radius 3 is 1.89 bits per heavy atom. The highest BCUT2D eigenvalue weighted by molar-refractivity contribution is 5.97. The Kier molecular flexibility index (Phi) is 4.37. The van der Waals surface area contributed by atoms with Crippen LogP contribution in [-0.4, -0.2) is 21.6 Å². The molecule has 0 atom stereocenters. The molecule has 4 rings (SSSR count). The van der Waals surface area contributed by atoms with Gasteiger partial charge in [0, 0.05) is 16.5 Å². The van der Waals surface area contributed by atoms with Crippen LogP contribution in [0.5, 0.6) is 0 Å². The van der Waals surface area contributed by atoms with Crippen LogP contribution in [0.4, 0.5) is 5.69 Å². The fourth-order valence-electron chi connectivity index (χ4n) is 3.29. The van der Waals surface area contributed by atoms with Crippen LogP contribution in [-0.2, 0) is 11.3 Å². The standard InChI is InChI=1S/C22H16N2O4/c25-20(23-15-11-9-14(10-12-15)22(27)28)13-24-18-7-3-1-5-16(18)21(26)17-6-2-4-8-19(17)24/h1-12H,13H2,(H,23,25)(H,27,28). The molecule has 1 aromatic heterocycles. The number of carbonyl (C=O) groups is 2. The van der Waals surface area contributed by atoms with Gasteiger partial charge in [0.25, 0.3) is 0 Å². The van der Waals surface area contributed by atoms with Crippen LogP contribution in [0, 0.1) is 0 Å². The Bertz CT molecular complexity index is 1210. The number of hydrogen-bond acceptors (Lipinski definition) is 3. The molecule has 0 saturated heterocycles. The molecule has 4 aromatic rings. The topological polar surface area (TPSA) is 88.4 Å². The number of benzene rings is 3. The lowest BCUT2D eigenvalue weighted by Gasteiger charge is -2.15. The third-order valence-electron chi connectivity index (χ3n) is 4.60. The number of amides is 1. The zero-order valence-electron chi connectivity index (χ0n) is 14.8. The van der Waals surface area contributed by atoms with E-state index in [1.807, 2.05) is 28.8 Å². The molecule has 2 N–H and O–H groups in total. The summed E-state index contributed by atoms with van der Waals surface area (Å²) >= 11 is 0. The molecule has 1 heterocycles. The molecule has 0 aliphatic carbocycles. The largest absolute Gasteiger partial charge is 0.478 e. The van der Waals surface area contributed by atoms with Crippen molar-refractivity contribution < 1.29 is 14.7 Å². The summed E-state index contributed by atoms with van der Waals surface area (Å²) in [5.41, 5.74) is 1.96. The lowest BCUT2D eigenvalue weighted by molar-refractivity contribution is -0.116. The van der Waals surface area contributed by atoms with Gasteiger partial charge in [-0.05, 0) is 48.5 Å². The Balaban J connectivity index is 1.72. The SMILES string of the molecule is O=C(Cn1c2ccccc2c(=O)c2ccccc21)Nc1ccc(C(=O)O)cc1. The minimum absolute atomic E-state index is 0.0159. The molecule has 0 bridgehead atoms. The molecule has 6 nitrogen and oxygen atoms in total. The number of carboxylic acids is 1. The average molecular weight is 372 g/mol. The van der Waals surface area contributed by atoms with Crippen molar-refractivity contribution in [1.29, 1.82) is 0 Å². The van der Waals surface area contributed by atoms with E-state index in [2.05, 4.69) is 5.32 Å². The molecule has 0 aliphatic rings. The van der Waals surface area contributed by atoms with Crippen LogP contribution in [0.1, 0.15) is 10.4 Å². The second-order valence-electron chi connectivity index (χ2n) is 6.38. The molecule has 6 heteroatoms. The first kappa shape index (κ1) is 17.5. The van der Waals surface area contributed by atoms with Gasteiger partial charge >= 0.3 is 5.97 Å². The first-order valence-electron chi connectivity index (χ1n) is 8.68. The number of nitrogens with zero attached hydrogens (tertiary/aromatic N) is 1. The number of pyridine rings is 1. The molecular weight excluding hydrogens is 356 g/mol. The monoisotopic (exact) mass is 372 g/mol. The lowest BCUT2D eigenvalue weighted by Crippen LogP contribution is -2.21. The first-order valence-corrected chi connectivity index (χ1v) is 8.68. The van der Waals surface area contributed by atoms with Gasteiger partial charge in [-0.2, -0.15) is 0 Å². The fourth-order valence-corrected chi connectivity index (χ4v) is 3.29. The quantitative estimate of drug-likeness (QED) is 0.537. The second-order valence-corrected chi connectivity index (χ2v) is 6.38. The van der Waals surface area contributed by atoms with Gasteiger partial charge < -0.3 is 15.0 Å². The van der Waals surface area contributed by atoms with Gasteiger partial charge in [-0.3, -0.25) is 9.59 Å². The molecule has 28 heavy (non-hydrogen) atoms. The van der Waals surface area contributed by atoms with E-state index in [-0.39, 0.29) is 23.4 Å². The highest BCUT2D eigenvalue weighted by atomic mass is 16.4. The average Bonchev–Trinajstić information content (AvgIpc) is 2.71. The van der Waals surface area contributed by atoms with Gasteiger partial charge in [-0.1, -0.05) is 24.3 Å². The van der Waals surface area contributed by atoms with Gasteiger partial charge in [-0.25, -0.2) is 4.79 Å². The minimum atomic E-state index is -1.02. The van der Waals surface area contributed by atoms with Crippen molar-refractivity contribution in [2.45, 2.75) is 6.54 Å². The molecule has 0 spiro atoms. The minimum Gasteiger partial charge on any atom is -0.478 e. The summed E-state index contributed by atoms with van der Waals surface area (Å²) in [5, 5.41) is 12.8. The Morgan fingerprint density at radius 2 is 1.36 bits per heavy atom. The van der Waals surface area contributed by atoms with Crippen LogP contribution in [0.25, 0.3) is 21.8 Å². The van der Waals surface area contributed by atoms with Gasteiger partial charge in [0.15, 0.2) is 5.43 Å². The third kappa shape index (κ3) is 3.12. The van der Waals surface area contributed by atoms with Crippen molar-refractivity contribution in [3.8, 4) is 0 Å². The summed E-state index contributed by atoms with van der Waals surface area (Å²) in [6, 6.07) is 20.4. The van der Waals surface area contributed by atoms with Crippen molar-refractivity contribution in [3.05, 3.63) is 88.6 Å². The summed E-state index contributed by atoms with van der Waals surface area (Å²) in [5.74, 6) is -1.30. The molecule has 0 fully saturated rings. The number of carbonyl (C=O) groups excluding carboxylic acids is 1. The number of carboxylic acid groups (broad SMARTS) is 1. The zero-order chi connectivity index (χ0) is 19.7. The van der Waals surface area contributed by atoms with E-state index in [0.717, 1.165) is 0 Å². The number of anilines is 1. The number of nitrogens with one attached hydrogen (secondary N) is 1. The van der Waals surface area contributed by atoms with Crippen molar-refractivity contribution in [2.24, 2.45) is 0 Å². The summed E-state index contributed by atoms with van der Waals surface area (Å²) in [4.78, 5) is 36.3. The summed E-state index contributed by atoms with van der Waals surface area (Å²) in [7, 11) is 0. The van der Waals surface area contributed by atoms with Gasteiger partial charge in [0.1, 0.15) is 6.54 Å². The van der Waals surface area contributed by atoms with Crippen molar-refractivity contribution in [1.82, 2.24) is 4.57 Å². The molecule has 3 aromatic carbocycles. The van der Waals surface area contributed by atoms with Gasteiger partial charge in [-0.15, -0.1) is 0 Å². The van der Waals surface area contributed by atoms with E-state index >= 15 is 0 Å². The molecule has 0 aliphatic heterocycles. The molecule has 1 amide bonds. The predicted molar refractivity (Wildman–Crippen MR) is 108 cm³/mol. The van der Waals surface area contributed by atoms with E-state index in [9.17, 15) is 14.4 Å². The number of rotatable bonds is 4. The first-order chi connectivity index (χ1) is 13.5. The van der Waals surface area contributed by atoms with E-state index < -0.39 is 5.97 Å². The number of hydrogen-bond donors (Lipinski definition) is 2. The number of fused-ring (bicyclic) bond motifs is 2. The molecule has 0 saturated carbocycles. The maximum atomic E-state index is 12.7. The normalized spacial score (nSPS) is 10.9. The number of aromatic nitrogens is 1. The third-order valence-corrected chi connectivity index (χ3v) is 4.60. The Labute approximate surface area is 159 Å². The molecular formula is C22H16N2O4. The van der Waals surface area contributed by atoms with Crippen LogP contribution >= 0.6 is 0 Å². The van der Waals surface area contributed by atoms with Gasteiger partial charge in [0.2, 0.25) is 5.91 Å². The van der Waals surface area contributed by atoms with Crippen molar-refractivity contribution in [2.75, 3.05) is 5.32 Å². The van der Waals surface area contributed by atoms with Crippen LogP contribution in [0.15, 0.2) is 77.6 Å². The van der Waals surface area contributed by atoms with Crippen molar-refractivity contribution in [3.63, 3.8) is 0 Å². The molecule has 138 valence electrons. The van der Waals surface area contributed by atoms with Gasteiger partial charge in [0.05, 0.1) is 16.6 Å². The predicted octanol–water partition coefficient (Wildman–Crippen LogP) is 3.49. The fraction of sp³-hybridized carbons (Fsp3) is 0.0455. The smallest absolute Gasteiger partial charge is 0.335 e. The highest BCUT2D eigenvalue weighted by Crippen LogP contribution is 2.19. The van der Waals surface area contributed by atoms with Crippen molar-refractivity contribution >= 4 is 39.4 Å². The molecule has 0 unspecified atom stereocenters. The van der Waals surface area contributed by atoms with E-state index in [4.69, 9.17) is 5.11 Å². The second kappa shape index (κ2) is 7.00. The number of para-hydroxylation sites is 2. The summed E-state index contributed by atoms with van der Waals surface area (Å²) in [6.07, 6.45) is 0. The lowest BCUT2D eigenvalue weighted by atomic mass is 10.1. The Hall–Kier alpha value is -3.93. The highest BCUT2D eigenvalue weighted by Gasteiger charge is 2.13. The number of aromatic carboxylic acids is 1. The maximum absolute atomic E-state index is 12.7. The van der Waals surface area contributed by atoms with Crippen LogP contribution < -0.4 is 10.7 Å². The van der Waals surface area contributed by atoms with E-state index in [1.54, 1.807) is 36.4 Å². The molecule has 0 radical (unpaired) electrons. The zero-order valence-corrected chi connectivity index (χ0v) is 14.8. The summed E-state index contributed by atoms with van der Waals surface area (Å²) < 4.78 is 1.81. The summed E-state index contributed by atoms with van der Waals surface area (Å²) in [6.45, 7) is 0.0159. The van der Waals surface area contributed by atoms with Crippen LogP contribution in [0.3, 0.4) is 0 Å². The van der Waals surface area contributed by atoms with E-state index in [1.165, 1.54) is 12.1 Å². The maximum Gasteiger partial charge on any atom is 0.335 e. The Morgan fingerprint density at radius 1 is 0.821 bits per heavy atom. The van der Waals surface area contributed by atoms with Crippen LogP contribution in [0.2, 0.25) is 0 Å². The van der Waals surface area contributed by atoms with E-state index in [0.29, 0.717) is 27.5 Å².